The molecule has 26 heavy (non-hydrogen) atoms. The van der Waals surface area contributed by atoms with Crippen LogP contribution in [0, 0.1) is 5.92 Å². The Bertz CT molecular complexity index is 879. The van der Waals surface area contributed by atoms with Crippen LogP contribution in [0.2, 0.25) is 0 Å². The van der Waals surface area contributed by atoms with E-state index < -0.39 is 0 Å². The number of carbonyl (C=O) groups excluding carboxylic acids is 1. The molecule has 132 valence electrons. The zero-order valence-electron chi connectivity index (χ0n) is 14.7. The highest BCUT2D eigenvalue weighted by Crippen LogP contribution is 2.28. The van der Waals surface area contributed by atoms with Gasteiger partial charge in [0.05, 0.1) is 10.2 Å². The largest absolute Gasteiger partial charge is 0.335 e. The lowest BCUT2D eigenvalue weighted by molar-refractivity contribution is -0.127. The van der Waals surface area contributed by atoms with Gasteiger partial charge in [0, 0.05) is 19.2 Å². The summed E-state index contributed by atoms with van der Waals surface area (Å²) in [7, 11) is 0. The van der Waals surface area contributed by atoms with Gasteiger partial charge in [0.2, 0.25) is 5.91 Å². The van der Waals surface area contributed by atoms with Crippen molar-refractivity contribution >= 4 is 33.5 Å². The van der Waals surface area contributed by atoms with Crippen LogP contribution < -0.4 is 0 Å². The predicted molar refractivity (Wildman–Crippen MR) is 108 cm³/mol. The third-order valence-electron chi connectivity index (χ3n) is 4.91. The van der Waals surface area contributed by atoms with Crippen molar-refractivity contribution in [3.63, 3.8) is 0 Å². The van der Waals surface area contributed by atoms with E-state index in [0.29, 0.717) is 12.5 Å². The summed E-state index contributed by atoms with van der Waals surface area (Å²) in [6.45, 7) is 1.51. The van der Waals surface area contributed by atoms with E-state index in [1.807, 2.05) is 47.4 Å². The second kappa shape index (κ2) is 7.83. The molecule has 2 aromatic carbocycles. The molecule has 0 N–H and O–H groups in total. The maximum Gasteiger partial charge on any atom is 0.246 e. The summed E-state index contributed by atoms with van der Waals surface area (Å²) in [4.78, 5) is 19.4. The fraction of sp³-hybridized carbons (Fsp3) is 0.273. The fourth-order valence-electron chi connectivity index (χ4n) is 3.23. The Morgan fingerprint density at radius 3 is 2.62 bits per heavy atom. The number of fused-ring (bicyclic) bond motifs is 1. The highest BCUT2D eigenvalue weighted by Gasteiger charge is 2.22. The number of hydrogen-bond acceptors (Lipinski definition) is 3. The molecule has 4 rings (SSSR count). The molecule has 3 aromatic rings. The first-order valence-corrected chi connectivity index (χ1v) is 9.96. The summed E-state index contributed by atoms with van der Waals surface area (Å²) >= 11 is 1.62. The predicted octanol–water partition coefficient (Wildman–Crippen LogP) is 5.14. The van der Waals surface area contributed by atoms with Crippen molar-refractivity contribution in [3.05, 3.63) is 71.2 Å². The molecule has 0 radical (unpaired) electrons. The fourth-order valence-corrected chi connectivity index (χ4v) is 4.10. The van der Waals surface area contributed by atoms with E-state index in [4.69, 9.17) is 0 Å². The van der Waals surface area contributed by atoms with Crippen molar-refractivity contribution in [2.75, 3.05) is 6.54 Å². The van der Waals surface area contributed by atoms with Crippen LogP contribution in [-0.4, -0.2) is 22.3 Å². The molecule has 1 aromatic heterocycles. The minimum atomic E-state index is 0.0695. The zero-order chi connectivity index (χ0) is 17.8. The van der Waals surface area contributed by atoms with Gasteiger partial charge >= 0.3 is 0 Å². The second-order valence-corrected chi connectivity index (χ2v) is 7.92. The van der Waals surface area contributed by atoms with E-state index in [2.05, 4.69) is 23.2 Å². The number of para-hydroxylation sites is 1. The lowest BCUT2D eigenvalue weighted by atomic mass is 9.85. The molecule has 0 saturated heterocycles. The lowest BCUT2D eigenvalue weighted by Crippen LogP contribution is -2.36. The molecular weight excluding hydrogens is 340 g/mol. The zero-order valence-corrected chi connectivity index (χ0v) is 15.5. The van der Waals surface area contributed by atoms with Gasteiger partial charge in [-0.05, 0) is 42.5 Å². The van der Waals surface area contributed by atoms with E-state index in [1.54, 1.807) is 17.4 Å². The van der Waals surface area contributed by atoms with Crippen molar-refractivity contribution in [2.45, 2.75) is 25.8 Å². The lowest BCUT2D eigenvalue weighted by Gasteiger charge is -2.32. The minimum absolute atomic E-state index is 0.0695. The van der Waals surface area contributed by atoms with Gasteiger partial charge in [-0.15, -0.1) is 11.3 Å². The topological polar surface area (TPSA) is 33.2 Å². The molecule has 4 heteroatoms. The van der Waals surface area contributed by atoms with Crippen molar-refractivity contribution in [1.29, 1.82) is 0 Å². The Morgan fingerprint density at radius 1 is 1.12 bits per heavy atom. The van der Waals surface area contributed by atoms with Crippen LogP contribution in [0.1, 0.15) is 29.8 Å². The second-order valence-electron chi connectivity index (χ2n) is 6.85. The highest BCUT2D eigenvalue weighted by atomic mass is 32.1. The number of amides is 1. The summed E-state index contributed by atoms with van der Waals surface area (Å²) in [5.74, 6) is 0.721. The van der Waals surface area contributed by atoms with Crippen molar-refractivity contribution in [2.24, 2.45) is 5.92 Å². The average Bonchev–Trinajstić information content (AvgIpc) is 3.05. The van der Waals surface area contributed by atoms with E-state index in [-0.39, 0.29) is 5.91 Å². The molecule has 0 bridgehead atoms. The van der Waals surface area contributed by atoms with Gasteiger partial charge in [-0.3, -0.25) is 4.79 Å². The standard InChI is InChI=1S/C22H22N2OS/c25-22(14-13-21-23-19-11-4-5-12-20(19)26-21)24(16-18-9-6-10-18)15-17-7-2-1-3-8-17/h1-5,7-8,11-14,18H,6,9-10,15-16H2. The van der Waals surface area contributed by atoms with E-state index >= 15 is 0 Å². The molecule has 0 spiro atoms. The highest BCUT2D eigenvalue weighted by molar-refractivity contribution is 7.19. The number of carbonyl (C=O) groups is 1. The number of rotatable bonds is 6. The quantitative estimate of drug-likeness (QED) is 0.569. The minimum Gasteiger partial charge on any atom is -0.335 e. The molecule has 0 atom stereocenters. The van der Waals surface area contributed by atoms with Crippen molar-refractivity contribution in [3.8, 4) is 0 Å². The van der Waals surface area contributed by atoms with Crippen LogP contribution in [0.4, 0.5) is 0 Å². The van der Waals surface area contributed by atoms with E-state index in [9.17, 15) is 4.79 Å². The van der Waals surface area contributed by atoms with Gasteiger partial charge in [-0.1, -0.05) is 48.9 Å². The molecule has 0 unspecified atom stereocenters. The van der Waals surface area contributed by atoms with Gasteiger partial charge < -0.3 is 4.90 Å². The Morgan fingerprint density at radius 2 is 1.88 bits per heavy atom. The Hall–Kier alpha value is -2.46. The molecule has 0 aliphatic heterocycles. The number of hydrogen-bond donors (Lipinski definition) is 0. The van der Waals surface area contributed by atoms with E-state index in [1.165, 1.54) is 24.8 Å². The van der Waals surface area contributed by atoms with E-state index in [0.717, 1.165) is 21.8 Å². The molecule has 1 amide bonds. The van der Waals surface area contributed by atoms with Gasteiger partial charge in [-0.25, -0.2) is 4.98 Å². The van der Waals surface area contributed by atoms with Gasteiger partial charge in [0.15, 0.2) is 0 Å². The smallest absolute Gasteiger partial charge is 0.246 e. The third kappa shape index (κ3) is 4.02. The SMILES string of the molecule is O=C(C=Cc1nc2ccccc2s1)N(Cc1ccccc1)CC1CCC1. The molecule has 1 fully saturated rings. The first-order valence-electron chi connectivity index (χ1n) is 9.14. The van der Waals surface area contributed by atoms with Gasteiger partial charge in [-0.2, -0.15) is 0 Å². The van der Waals surface area contributed by atoms with Crippen LogP contribution in [0.25, 0.3) is 16.3 Å². The molecule has 1 aliphatic carbocycles. The number of thiazole rings is 1. The van der Waals surface area contributed by atoms with Crippen molar-refractivity contribution < 1.29 is 4.79 Å². The summed E-state index contributed by atoms with van der Waals surface area (Å²) in [6, 6.07) is 18.3. The number of aromatic nitrogens is 1. The van der Waals surface area contributed by atoms with Gasteiger partial charge in [0.1, 0.15) is 5.01 Å². The summed E-state index contributed by atoms with van der Waals surface area (Å²) in [5.41, 5.74) is 2.16. The Labute approximate surface area is 158 Å². The molecule has 1 aliphatic rings. The van der Waals surface area contributed by atoms with Gasteiger partial charge in [0.25, 0.3) is 0 Å². The summed E-state index contributed by atoms with van der Waals surface area (Å²) in [5, 5.41) is 0.878. The number of benzene rings is 2. The van der Waals surface area contributed by atoms with Crippen LogP contribution in [0.3, 0.4) is 0 Å². The summed E-state index contributed by atoms with van der Waals surface area (Å²) < 4.78 is 1.15. The van der Waals surface area contributed by atoms with Crippen molar-refractivity contribution in [1.82, 2.24) is 9.88 Å². The first-order chi connectivity index (χ1) is 12.8. The Kier molecular flexibility index (Phi) is 5.12. The maximum absolute atomic E-state index is 12.8. The van der Waals surface area contributed by atoms with Crippen LogP contribution in [0.5, 0.6) is 0 Å². The molecular formula is C22H22N2OS. The number of nitrogens with zero attached hydrogens (tertiary/aromatic N) is 2. The first kappa shape index (κ1) is 17.0. The molecule has 3 nitrogen and oxygen atoms in total. The van der Waals surface area contributed by atoms with Crippen LogP contribution in [-0.2, 0) is 11.3 Å². The van der Waals surface area contributed by atoms with Crippen LogP contribution in [0.15, 0.2) is 60.7 Å². The van der Waals surface area contributed by atoms with Crippen LogP contribution >= 0.6 is 11.3 Å². The normalized spacial score (nSPS) is 14.6. The molecule has 1 heterocycles. The third-order valence-corrected chi connectivity index (χ3v) is 5.91. The average molecular weight is 362 g/mol. The maximum atomic E-state index is 12.8. The monoisotopic (exact) mass is 362 g/mol. The Balaban J connectivity index is 1.49. The summed E-state index contributed by atoms with van der Waals surface area (Å²) in [6.07, 6.45) is 7.30. The molecule has 1 saturated carbocycles.